The molecule has 108 valence electrons. The molecule has 2 rings (SSSR count). The Morgan fingerprint density at radius 1 is 0.913 bits per heavy atom. The van der Waals surface area contributed by atoms with E-state index in [9.17, 15) is 4.79 Å². The first-order valence-corrected chi connectivity index (χ1v) is 6.60. The highest BCUT2D eigenvalue weighted by Gasteiger charge is 2.05. The molecule has 0 fully saturated rings. The topological polar surface area (TPSA) is 100 Å². The Labute approximate surface area is 133 Å². The van der Waals surface area contributed by atoms with E-state index in [1.165, 1.54) is 18.2 Å². The molecule has 0 spiro atoms. The Morgan fingerprint density at radius 3 is 2.30 bits per heavy atom. The van der Waals surface area contributed by atoms with Crippen LogP contribution in [0, 0.1) is 34.0 Å². The fourth-order valence-corrected chi connectivity index (χ4v) is 1.91. The van der Waals surface area contributed by atoms with Crippen LogP contribution in [0.5, 0.6) is 0 Å². The Hall–Kier alpha value is -3.88. The van der Waals surface area contributed by atoms with Gasteiger partial charge in [-0.1, -0.05) is 18.2 Å². The van der Waals surface area contributed by atoms with Crippen molar-refractivity contribution in [2.45, 2.75) is 0 Å². The van der Waals surface area contributed by atoms with Crippen molar-refractivity contribution in [1.82, 2.24) is 0 Å². The molecule has 0 saturated heterocycles. The van der Waals surface area contributed by atoms with Gasteiger partial charge in [0.25, 0.3) is 0 Å². The zero-order valence-electron chi connectivity index (χ0n) is 11.9. The summed E-state index contributed by atoms with van der Waals surface area (Å²) in [6, 6.07) is 17.2. The molecule has 5 heteroatoms. The van der Waals surface area contributed by atoms with E-state index in [0.717, 1.165) is 0 Å². The number of nitriles is 3. The molecule has 23 heavy (non-hydrogen) atoms. The van der Waals surface area contributed by atoms with Crippen molar-refractivity contribution in [3.8, 4) is 18.2 Å². The maximum Gasteiger partial charge on any atom is 0.248 e. The second-order valence-electron chi connectivity index (χ2n) is 4.51. The maximum atomic E-state index is 11.9. The molecule has 2 aromatic carbocycles. The van der Waals surface area contributed by atoms with Gasteiger partial charge in [-0.05, 0) is 35.9 Å². The number of carbonyl (C=O) groups is 1. The molecule has 0 heterocycles. The lowest BCUT2D eigenvalue weighted by atomic mass is 10.1. The van der Waals surface area contributed by atoms with E-state index in [2.05, 4.69) is 5.32 Å². The van der Waals surface area contributed by atoms with E-state index in [0.29, 0.717) is 16.8 Å². The number of hydrogen-bond acceptors (Lipinski definition) is 4. The first kappa shape index (κ1) is 15.5. The largest absolute Gasteiger partial charge is 0.322 e. The summed E-state index contributed by atoms with van der Waals surface area (Å²) in [5, 5.41) is 29.4. The number of hydrogen-bond donors (Lipinski definition) is 1. The van der Waals surface area contributed by atoms with Crippen molar-refractivity contribution < 1.29 is 4.79 Å². The first-order valence-electron chi connectivity index (χ1n) is 6.60. The minimum Gasteiger partial charge on any atom is -0.322 e. The van der Waals surface area contributed by atoms with E-state index in [1.54, 1.807) is 36.4 Å². The lowest BCUT2D eigenvalue weighted by Crippen LogP contribution is -2.08. The molecule has 0 unspecified atom stereocenters. The van der Waals surface area contributed by atoms with Crippen LogP contribution >= 0.6 is 0 Å². The molecular formula is C18H10N4O. The van der Waals surface area contributed by atoms with Gasteiger partial charge in [-0.15, -0.1) is 0 Å². The molecule has 0 atom stereocenters. The van der Waals surface area contributed by atoms with Gasteiger partial charge in [-0.3, -0.25) is 4.79 Å². The third-order valence-corrected chi connectivity index (χ3v) is 3.02. The number of carbonyl (C=O) groups excluding carboxylic acids is 1. The van der Waals surface area contributed by atoms with Crippen molar-refractivity contribution in [3.05, 3.63) is 70.8 Å². The predicted molar refractivity (Wildman–Crippen MR) is 84.7 cm³/mol. The van der Waals surface area contributed by atoms with E-state index >= 15 is 0 Å². The zero-order chi connectivity index (χ0) is 16.7. The average molecular weight is 298 g/mol. The first-order chi connectivity index (χ1) is 11.2. The normalized spacial score (nSPS) is 9.61. The number of anilines is 1. The van der Waals surface area contributed by atoms with E-state index in [1.807, 2.05) is 18.2 Å². The number of nitrogens with zero attached hydrogens (tertiary/aromatic N) is 3. The van der Waals surface area contributed by atoms with Gasteiger partial charge in [0, 0.05) is 11.8 Å². The van der Waals surface area contributed by atoms with Crippen molar-refractivity contribution in [2.75, 3.05) is 5.32 Å². The molecule has 0 aliphatic carbocycles. The third-order valence-electron chi connectivity index (χ3n) is 3.02. The monoisotopic (exact) mass is 298 g/mol. The standard InChI is InChI=1S/C18H10N4O/c19-10-14-4-2-1-3-13(14)6-8-18(23)22-17-7-5-15(11-20)16(9-17)12-21/h1-9H,(H,22,23). The summed E-state index contributed by atoms with van der Waals surface area (Å²) in [4.78, 5) is 11.9. The van der Waals surface area contributed by atoms with Crippen LogP contribution in [0.4, 0.5) is 5.69 Å². The summed E-state index contributed by atoms with van der Waals surface area (Å²) in [5.74, 6) is -0.397. The molecule has 0 radical (unpaired) electrons. The molecule has 0 saturated carbocycles. The summed E-state index contributed by atoms with van der Waals surface area (Å²) in [6.45, 7) is 0. The minimum absolute atomic E-state index is 0.198. The molecule has 0 aliphatic rings. The molecule has 0 bridgehead atoms. The number of amides is 1. The highest BCUT2D eigenvalue weighted by Crippen LogP contribution is 2.15. The lowest BCUT2D eigenvalue weighted by Gasteiger charge is -2.03. The van der Waals surface area contributed by atoms with Crippen LogP contribution in [-0.2, 0) is 4.79 Å². The van der Waals surface area contributed by atoms with Crippen LogP contribution in [0.3, 0.4) is 0 Å². The number of benzene rings is 2. The van der Waals surface area contributed by atoms with Crippen molar-refractivity contribution in [2.24, 2.45) is 0 Å². The van der Waals surface area contributed by atoms with Gasteiger partial charge < -0.3 is 5.32 Å². The molecular weight excluding hydrogens is 288 g/mol. The fraction of sp³-hybridized carbons (Fsp3) is 0. The van der Waals surface area contributed by atoms with Gasteiger partial charge in [0.05, 0.1) is 22.8 Å². The van der Waals surface area contributed by atoms with Crippen LogP contribution < -0.4 is 5.32 Å². The van der Waals surface area contributed by atoms with Gasteiger partial charge in [-0.2, -0.15) is 15.8 Å². The highest BCUT2D eigenvalue weighted by molar-refractivity contribution is 6.02. The second kappa shape index (κ2) is 7.22. The summed E-state index contributed by atoms with van der Waals surface area (Å²) >= 11 is 0. The molecule has 1 amide bonds. The van der Waals surface area contributed by atoms with E-state index < -0.39 is 5.91 Å². The smallest absolute Gasteiger partial charge is 0.248 e. The van der Waals surface area contributed by atoms with E-state index in [-0.39, 0.29) is 11.1 Å². The minimum atomic E-state index is -0.397. The fourth-order valence-electron chi connectivity index (χ4n) is 1.91. The quantitative estimate of drug-likeness (QED) is 0.880. The molecule has 1 N–H and O–H groups in total. The van der Waals surface area contributed by atoms with Gasteiger partial charge >= 0.3 is 0 Å². The Bertz CT molecular complexity index is 908. The van der Waals surface area contributed by atoms with Crippen LogP contribution in [0.25, 0.3) is 6.08 Å². The number of rotatable bonds is 3. The van der Waals surface area contributed by atoms with Gasteiger partial charge in [0.15, 0.2) is 0 Å². The van der Waals surface area contributed by atoms with Gasteiger partial charge in [0.2, 0.25) is 5.91 Å². The third kappa shape index (κ3) is 3.82. The summed E-state index contributed by atoms with van der Waals surface area (Å²) < 4.78 is 0. The summed E-state index contributed by atoms with van der Waals surface area (Å²) in [5.41, 5.74) is 1.99. The SMILES string of the molecule is N#Cc1ccc(NC(=O)C=Cc2ccccc2C#N)cc1C#N. The molecule has 0 aliphatic heterocycles. The molecule has 0 aromatic heterocycles. The van der Waals surface area contributed by atoms with Gasteiger partial charge in [-0.25, -0.2) is 0 Å². The van der Waals surface area contributed by atoms with Crippen LogP contribution in [-0.4, -0.2) is 5.91 Å². The maximum absolute atomic E-state index is 11.9. The zero-order valence-corrected chi connectivity index (χ0v) is 11.9. The highest BCUT2D eigenvalue weighted by atomic mass is 16.1. The Kier molecular flexibility index (Phi) is 4.87. The predicted octanol–water partition coefficient (Wildman–Crippen LogP) is 2.95. The summed E-state index contributed by atoms with van der Waals surface area (Å²) in [6.07, 6.45) is 2.85. The average Bonchev–Trinajstić information content (AvgIpc) is 2.60. The summed E-state index contributed by atoms with van der Waals surface area (Å²) in [7, 11) is 0. The molecule has 2 aromatic rings. The van der Waals surface area contributed by atoms with Crippen molar-refractivity contribution in [1.29, 1.82) is 15.8 Å². The Balaban J connectivity index is 2.15. The number of nitrogens with one attached hydrogen (secondary N) is 1. The lowest BCUT2D eigenvalue weighted by molar-refractivity contribution is -0.111. The van der Waals surface area contributed by atoms with E-state index in [4.69, 9.17) is 15.8 Å². The van der Waals surface area contributed by atoms with Gasteiger partial charge in [0.1, 0.15) is 12.1 Å². The van der Waals surface area contributed by atoms with Crippen LogP contribution in [0.15, 0.2) is 48.5 Å². The second-order valence-corrected chi connectivity index (χ2v) is 4.51. The van der Waals surface area contributed by atoms with Crippen LogP contribution in [0.1, 0.15) is 22.3 Å². The Morgan fingerprint density at radius 2 is 1.61 bits per heavy atom. The van der Waals surface area contributed by atoms with Crippen molar-refractivity contribution >= 4 is 17.7 Å². The van der Waals surface area contributed by atoms with Crippen molar-refractivity contribution in [3.63, 3.8) is 0 Å². The van der Waals surface area contributed by atoms with Crippen LogP contribution in [0.2, 0.25) is 0 Å². The molecule has 5 nitrogen and oxygen atoms in total.